The van der Waals surface area contributed by atoms with Crippen molar-refractivity contribution in [3.63, 3.8) is 0 Å². The van der Waals surface area contributed by atoms with Crippen LogP contribution in [0.25, 0.3) is 0 Å². The molecule has 2 N–H and O–H groups in total. The number of aryl methyl sites for hydroxylation is 1. The van der Waals surface area contributed by atoms with Gasteiger partial charge >= 0.3 is 0 Å². The van der Waals surface area contributed by atoms with Crippen LogP contribution in [0.3, 0.4) is 0 Å². The van der Waals surface area contributed by atoms with Crippen LogP contribution in [-0.4, -0.2) is 34.9 Å². The molecule has 0 fully saturated rings. The molecule has 0 amide bonds. The molecule has 0 aliphatic rings. The van der Waals surface area contributed by atoms with Gasteiger partial charge in [0.15, 0.2) is 5.03 Å². The van der Waals surface area contributed by atoms with Crippen molar-refractivity contribution in [2.75, 3.05) is 11.3 Å². The van der Waals surface area contributed by atoms with Crippen LogP contribution >= 0.6 is 11.6 Å². The highest BCUT2D eigenvalue weighted by molar-refractivity contribution is 7.92. The van der Waals surface area contributed by atoms with Gasteiger partial charge in [-0.2, -0.15) is 13.5 Å². The summed E-state index contributed by atoms with van der Waals surface area (Å²) in [5.41, 5.74) is 0.334. The van der Waals surface area contributed by atoms with Gasteiger partial charge < -0.3 is 5.11 Å². The summed E-state index contributed by atoms with van der Waals surface area (Å²) >= 11 is 5.82. The molecule has 21 heavy (non-hydrogen) atoms. The Hall–Kier alpha value is -2.08. The number of aromatic nitrogens is 3. The average molecular weight is 327 g/mol. The molecule has 0 aliphatic heterocycles. The van der Waals surface area contributed by atoms with Crippen LogP contribution in [0.4, 0.5) is 5.82 Å². The van der Waals surface area contributed by atoms with E-state index >= 15 is 0 Å². The Morgan fingerprint density at radius 2 is 2.24 bits per heavy atom. The maximum atomic E-state index is 12.3. The van der Waals surface area contributed by atoms with E-state index in [2.05, 4.69) is 26.6 Å². The Bertz CT molecular complexity index is 801. The molecule has 0 aromatic carbocycles. The number of halogens is 1. The molecule has 0 atom stereocenters. The molecule has 110 valence electrons. The Balaban J connectivity index is 2.33. The predicted octanol–water partition coefficient (Wildman–Crippen LogP) is 0.613. The van der Waals surface area contributed by atoms with Crippen molar-refractivity contribution in [3.8, 4) is 11.8 Å². The van der Waals surface area contributed by atoms with E-state index in [0.717, 1.165) is 4.68 Å². The van der Waals surface area contributed by atoms with Gasteiger partial charge in [0.2, 0.25) is 0 Å². The molecule has 7 nitrogen and oxygen atoms in total. The Labute approximate surface area is 126 Å². The van der Waals surface area contributed by atoms with Gasteiger partial charge in [-0.3, -0.25) is 9.40 Å². The highest BCUT2D eigenvalue weighted by Crippen LogP contribution is 2.22. The average Bonchev–Trinajstić information content (AvgIpc) is 2.76. The minimum atomic E-state index is -3.91. The normalized spacial score (nSPS) is 10.8. The van der Waals surface area contributed by atoms with Crippen LogP contribution in [0.15, 0.2) is 29.4 Å². The van der Waals surface area contributed by atoms with Crippen LogP contribution in [-0.2, 0) is 17.1 Å². The summed E-state index contributed by atoms with van der Waals surface area (Å²) in [6, 6.07) is 4.67. The van der Waals surface area contributed by atoms with Crippen LogP contribution in [0.1, 0.15) is 5.69 Å². The molecule has 0 unspecified atom stereocenters. The van der Waals surface area contributed by atoms with Crippen molar-refractivity contribution in [2.24, 2.45) is 7.05 Å². The van der Waals surface area contributed by atoms with Gasteiger partial charge in [-0.1, -0.05) is 23.6 Å². The summed E-state index contributed by atoms with van der Waals surface area (Å²) in [7, 11) is -2.44. The monoisotopic (exact) mass is 326 g/mol. The Morgan fingerprint density at radius 3 is 2.86 bits per heavy atom. The van der Waals surface area contributed by atoms with Crippen molar-refractivity contribution >= 4 is 27.4 Å². The predicted molar refractivity (Wildman–Crippen MR) is 77.2 cm³/mol. The fourth-order valence-electron chi connectivity index (χ4n) is 1.58. The molecular weight excluding hydrogens is 316 g/mol. The SMILES string of the molecule is Cn1ncc(Cl)c1S(=O)(=O)Nc1cccc(C#CCO)n1. The topological polar surface area (TPSA) is 97.1 Å². The van der Waals surface area contributed by atoms with Gasteiger partial charge in [-0.25, -0.2) is 4.98 Å². The van der Waals surface area contributed by atoms with E-state index in [0.29, 0.717) is 5.69 Å². The van der Waals surface area contributed by atoms with E-state index in [9.17, 15) is 8.42 Å². The lowest BCUT2D eigenvalue weighted by Gasteiger charge is -2.08. The van der Waals surface area contributed by atoms with E-state index in [-0.39, 0.29) is 22.5 Å². The number of aliphatic hydroxyl groups excluding tert-OH is 1. The number of nitrogens with one attached hydrogen (secondary N) is 1. The summed E-state index contributed by atoms with van der Waals surface area (Å²) in [6.45, 7) is -0.303. The van der Waals surface area contributed by atoms with E-state index in [1.807, 2.05) is 0 Å². The fraction of sp³-hybridized carbons (Fsp3) is 0.167. The molecule has 0 spiro atoms. The van der Waals surface area contributed by atoms with E-state index in [1.165, 1.54) is 19.3 Å². The van der Waals surface area contributed by atoms with Crippen LogP contribution in [0.2, 0.25) is 5.02 Å². The number of pyridine rings is 1. The third-order valence-corrected chi connectivity index (χ3v) is 4.24. The van der Waals surface area contributed by atoms with Gasteiger partial charge in [-0.15, -0.1) is 0 Å². The van der Waals surface area contributed by atoms with Crippen LogP contribution in [0.5, 0.6) is 0 Å². The van der Waals surface area contributed by atoms with Gasteiger partial charge in [-0.05, 0) is 18.1 Å². The molecule has 0 saturated carbocycles. The largest absolute Gasteiger partial charge is 0.384 e. The standard InChI is InChI=1S/C12H11ClN4O3S/c1-17-12(10(13)8-14-17)21(19,20)16-11-6-2-4-9(15-11)5-3-7-18/h2,4,6,8,18H,7H2,1H3,(H,15,16). The molecule has 0 aliphatic carbocycles. The molecule has 2 aromatic heterocycles. The lowest BCUT2D eigenvalue weighted by atomic mass is 10.3. The number of sulfonamides is 1. The number of nitrogens with zero attached hydrogens (tertiary/aromatic N) is 3. The zero-order valence-corrected chi connectivity index (χ0v) is 12.5. The first-order valence-electron chi connectivity index (χ1n) is 5.71. The van der Waals surface area contributed by atoms with Crippen molar-refractivity contribution in [2.45, 2.75) is 5.03 Å². The molecule has 9 heteroatoms. The Morgan fingerprint density at radius 1 is 1.48 bits per heavy atom. The van der Waals surface area contributed by atoms with Crippen molar-refractivity contribution < 1.29 is 13.5 Å². The maximum Gasteiger partial charge on any atom is 0.281 e. The van der Waals surface area contributed by atoms with E-state index < -0.39 is 10.0 Å². The lowest BCUT2D eigenvalue weighted by Crippen LogP contribution is -2.18. The molecule has 2 heterocycles. The highest BCUT2D eigenvalue weighted by Gasteiger charge is 2.23. The van der Waals surface area contributed by atoms with Gasteiger partial charge in [0.05, 0.1) is 11.2 Å². The van der Waals surface area contributed by atoms with Crippen molar-refractivity contribution in [1.29, 1.82) is 0 Å². The smallest absolute Gasteiger partial charge is 0.281 e. The minimum absolute atomic E-state index is 0.0150. The summed E-state index contributed by atoms with van der Waals surface area (Å²) in [5, 5.41) is 12.3. The molecule has 2 rings (SSSR count). The molecule has 0 radical (unpaired) electrons. The van der Waals surface area contributed by atoms with E-state index in [4.69, 9.17) is 16.7 Å². The zero-order valence-electron chi connectivity index (χ0n) is 10.9. The van der Waals surface area contributed by atoms with Gasteiger partial charge in [0.25, 0.3) is 10.0 Å². The first-order valence-corrected chi connectivity index (χ1v) is 7.57. The third kappa shape index (κ3) is 3.52. The van der Waals surface area contributed by atoms with Crippen LogP contribution in [0, 0.1) is 11.8 Å². The van der Waals surface area contributed by atoms with Gasteiger partial charge in [0, 0.05) is 7.05 Å². The molecule has 2 aromatic rings. The number of aliphatic hydroxyl groups is 1. The summed E-state index contributed by atoms with van der Waals surface area (Å²) in [4.78, 5) is 4.02. The number of hydrogen-bond acceptors (Lipinski definition) is 5. The fourth-order valence-corrected chi connectivity index (χ4v) is 3.24. The molecule has 0 bridgehead atoms. The van der Waals surface area contributed by atoms with E-state index in [1.54, 1.807) is 12.1 Å². The quantitative estimate of drug-likeness (QED) is 0.806. The first-order chi connectivity index (χ1) is 9.94. The molecular formula is C12H11ClN4O3S. The summed E-state index contributed by atoms with van der Waals surface area (Å²) < 4.78 is 28.0. The lowest BCUT2D eigenvalue weighted by molar-refractivity contribution is 0.350. The minimum Gasteiger partial charge on any atom is -0.384 e. The van der Waals surface area contributed by atoms with Crippen molar-refractivity contribution in [3.05, 3.63) is 35.1 Å². The second kappa shape index (κ2) is 6.13. The highest BCUT2D eigenvalue weighted by atomic mass is 35.5. The third-order valence-electron chi connectivity index (χ3n) is 2.38. The second-order valence-electron chi connectivity index (χ2n) is 3.89. The zero-order chi connectivity index (χ0) is 15.5. The maximum absolute atomic E-state index is 12.3. The van der Waals surface area contributed by atoms with Crippen LogP contribution < -0.4 is 4.72 Å². The second-order valence-corrected chi connectivity index (χ2v) is 5.90. The number of rotatable bonds is 3. The van der Waals surface area contributed by atoms with Crippen molar-refractivity contribution in [1.82, 2.24) is 14.8 Å². The summed E-state index contributed by atoms with van der Waals surface area (Å²) in [6.07, 6.45) is 1.24. The van der Waals surface area contributed by atoms with Gasteiger partial charge in [0.1, 0.15) is 18.1 Å². The molecule has 0 saturated heterocycles. The Kier molecular flexibility index (Phi) is 4.47. The number of anilines is 1. The first kappa shape index (κ1) is 15.3. The summed E-state index contributed by atoms with van der Waals surface area (Å²) in [5.74, 6) is 5.11. The number of hydrogen-bond donors (Lipinski definition) is 2.